The van der Waals surface area contributed by atoms with E-state index in [4.69, 9.17) is 4.55 Å². The Labute approximate surface area is 98.0 Å². The first-order valence-electron chi connectivity index (χ1n) is 5.37. The number of unbranched alkanes of at least 4 members (excludes halogenated alkanes) is 2. The molecular formula is C11H21NO3S. The predicted molar refractivity (Wildman–Crippen MR) is 66.2 cm³/mol. The average Bonchev–Trinajstić information content (AvgIpc) is 2.49. The van der Waals surface area contributed by atoms with Gasteiger partial charge in [0.05, 0.1) is 6.26 Å². The van der Waals surface area contributed by atoms with Gasteiger partial charge in [0, 0.05) is 18.9 Å². The van der Waals surface area contributed by atoms with Crippen LogP contribution in [0, 0.1) is 6.92 Å². The van der Waals surface area contributed by atoms with Crippen LogP contribution in [0.5, 0.6) is 0 Å². The summed E-state index contributed by atoms with van der Waals surface area (Å²) in [5, 5.41) is 0. The van der Waals surface area contributed by atoms with E-state index in [1.54, 1.807) is 0 Å². The minimum atomic E-state index is -3.67. The van der Waals surface area contributed by atoms with Gasteiger partial charge >= 0.3 is 0 Å². The molecule has 0 aliphatic heterocycles. The number of hydrogen-bond acceptors (Lipinski definition) is 2. The van der Waals surface area contributed by atoms with Crippen molar-refractivity contribution in [2.24, 2.45) is 0 Å². The van der Waals surface area contributed by atoms with E-state index in [1.165, 1.54) is 31.4 Å². The van der Waals surface area contributed by atoms with E-state index in [0.717, 1.165) is 0 Å². The lowest BCUT2D eigenvalue weighted by Crippen LogP contribution is -1.93. The first-order valence-corrected chi connectivity index (χ1v) is 7.22. The molecule has 0 saturated heterocycles. The normalized spacial score (nSPS) is 10.8. The Morgan fingerprint density at radius 3 is 2.31 bits per heavy atom. The Morgan fingerprint density at radius 2 is 1.94 bits per heavy atom. The molecule has 0 unspecified atom stereocenters. The Kier molecular flexibility index (Phi) is 7.08. The average molecular weight is 247 g/mol. The molecule has 0 fully saturated rings. The minimum Gasteiger partial charge on any atom is -0.354 e. The fourth-order valence-corrected chi connectivity index (χ4v) is 1.24. The molecule has 0 amide bonds. The van der Waals surface area contributed by atoms with Crippen molar-refractivity contribution < 1.29 is 13.0 Å². The highest BCUT2D eigenvalue weighted by Gasteiger charge is 1.90. The second-order valence-corrected chi connectivity index (χ2v) is 5.33. The molecule has 5 heteroatoms. The van der Waals surface area contributed by atoms with Crippen molar-refractivity contribution in [1.29, 1.82) is 0 Å². The van der Waals surface area contributed by atoms with Gasteiger partial charge in [0.25, 0.3) is 10.1 Å². The van der Waals surface area contributed by atoms with Gasteiger partial charge < -0.3 is 4.57 Å². The summed E-state index contributed by atoms with van der Waals surface area (Å²) in [5.41, 5.74) is 1.36. The van der Waals surface area contributed by atoms with Gasteiger partial charge in [-0.05, 0) is 25.0 Å². The van der Waals surface area contributed by atoms with E-state index in [2.05, 4.69) is 36.9 Å². The lowest BCUT2D eigenvalue weighted by Gasteiger charge is -1.99. The van der Waals surface area contributed by atoms with Crippen LogP contribution in [0.1, 0.15) is 31.7 Å². The van der Waals surface area contributed by atoms with Gasteiger partial charge in [-0.3, -0.25) is 4.55 Å². The summed E-state index contributed by atoms with van der Waals surface area (Å²) in [6.45, 7) is 5.55. The van der Waals surface area contributed by atoms with Crippen LogP contribution in [0.15, 0.2) is 18.5 Å². The van der Waals surface area contributed by atoms with E-state index in [9.17, 15) is 8.42 Å². The number of hydrogen-bond donors (Lipinski definition) is 1. The summed E-state index contributed by atoms with van der Waals surface area (Å²) in [5.74, 6) is 0. The third kappa shape index (κ3) is 11.3. The van der Waals surface area contributed by atoms with Crippen LogP contribution in [-0.2, 0) is 16.7 Å². The van der Waals surface area contributed by atoms with Crippen LogP contribution in [0.3, 0.4) is 0 Å². The second kappa shape index (κ2) is 7.46. The van der Waals surface area contributed by atoms with E-state index in [1.807, 2.05) is 0 Å². The first kappa shape index (κ1) is 15.2. The molecule has 16 heavy (non-hydrogen) atoms. The van der Waals surface area contributed by atoms with Gasteiger partial charge in [-0.1, -0.05) is 19.8 Å². The molecule has 0 aliphatic rings. The quantitative estimate of drug-likeness (QED) is 0.657. The zero-order valence-electron chi connectivity index (χ0n) is 10.2. The van der Waals surface area contributed by atoms with Crippen LogP contribution in [0.2, 0.25) is 0 Å². The van der Waals surface area contributed by atoms with Crippen molar-refractivity contribution in [2.45, 2.75) is 39.7 Å². The summed E-state index contributed by atoms with van der Waals surface area (Å²) in [7, 11) is -3.67. The maximum atomic E-state index is 9.19. The van der Waals surface area contributed by atoms with E-state index in [0.29, 0.717) is 6.26 Å². The SMILES string of the molecule is CCCCCn1ccc(C)c1.CS(=O)(=O)O. The minimum absolute atomic E-state index is 0.715. The van der Waals surface area contributed by atoms with Gasteiger partial charge in [-0.2, -0.15) is 8.42 Å². The second-order valence-electron chi connectivity index (χ2n) is 3.87. The van der Waals surface area contributed by atoms with E-state index in [-0.39, 0.29) is 0 Å². The van der Waals surface area contributed by atoms with Gasteiger partial charge in [0.1, 0.15) is 0 Å². The fourth-order valence-electron chi connectivity index (χ4n) is 1.24. The smallest absolute Gasteiger partial charge is 0.261 e. The predicted octanol–water partition coefficient (Wildman–Crippen LogP) is 2.49. The molecule has 1 aromatic heterocycles. The molecule has 0 aromatic carbocycles. The molecule has 1 N–H and O–H groups in total. The number of rotatable bonds is 4. The van der Waals surface area contributed by atoms with Gasteiger partial charge in [-0.25, -0.2) is 0 Å². The highest BCUT2D eigenvalue weighted by atomic mass is 32.2. The summed E-state index contributed by atoms with van der Waals surface area (Å²) < 4.78 is 28.1. The molecule has 0 atom stereocenters. The summed E-state index contributed by atoms with van der Waals surface area (Å²) in [6, 6.07) is 2.16. The van der Waals surface area contributed by atoms with Gasteiger partial charge in [-0.15, -0.1) is 0 Å². The van der Waals surface area contributed by atoms with Crippen LogP contribution >= 0.6 is 0 Å². The maximum Gasteiger partial charge on any atom is 0.261 e. The summed E-state index contributed by atoms with van der Waals surface area (Å²) >= 11 is 0. The van der Waals surface area contributed by atoms with E-state index >= 15 is 0 Å². The molecule has 0 bridgehead atoms. The molecule has 1 rings (SSSR count). The molecule has 94 valence electrons. The van der Waals surface area contributed by atoms with Crippen molar-refractivity contribution >= 4 is 10.1 Å². The molecule has 0 saturated carbocycles. The molecule has 0 spiro atoms. The lowest BCUT2D eigenvalue weighted by molar-refractivity contribution is 0.490. The van der Waals surface area contributed by atoms with Crippen molar-refractivity contribution in [2.75, 3.05) is 6.26 Å². The fraction of sp³-hybridized carbons (Fsp3) is 0.636. The van der Waals surface area contributed by atoms with Crippen molar-refractivity contribution in [3.63, 3.8) is 0 Å². The standard InChI is InChI=1S/C10H17N.CH4O3S/c1-3-4-5-7-11-8-6-10(2)9-11;1-5(2,3)4/h6,8-9H,3-5,7H2,1-2H3;1H3,(H,2,3,4). The van der Waals surface area contributed by atoms with Crippen molar-refractivity contribution in [1.82, 2.24) is 4.57 Å². The van der Waals surface area contributed by atoms with Crippen LogP contribution in [0.4, 0.5) is 0 Å². The third-order valence-electron chi connectivity index (χ3n) is 1.92. The Hall–Kier alpha value is -0.810. The van der Waals surface area contributed by atoms with Crippen LogP contribution in [0.25, 0.3) is 0 Å². The Morgan fingerprint density at radius 1 is 1.38 bits per heavy atom. The molecule has 0 aliphatic carbocycles. The monoisotopic (exact) mass is 247 g/mol. The molecule has 1 aromatic rings. The van der Waals surface area contributed by atoms with Crippen LogP contribution in [-0.4, -0.2) is 23.8 Å². The molecule has 0 radical (unpaired) electrons. The number of aryl methyl sites for hydroxylation is 2. The Balaban J connectivity index is 0.000000385. The lowest BCUT2D eigenvalue weighted by atomic mass is 10.2. The largest absolute Gasteiger partial charge is 0.354 e. The number of aromatic nitrogens is 1. The zero-order chi connectivity index (χ0) is 12.6. The van der Waals surface area contributed by atoms with Crippen LogP contribution < -0.4 is 0 Å². The maximum absolute atomic E-state index is 9.19. The molecular weight excluding hydrogens is 226 g/mol. The van der Waals surface area contributed by atoms with Crippen molar-refractivity contribution in [3.05, 3.63) is 24.0 Å². The molecule has 1 heterocycles. The highest BCUT2D eigenvalue weighted by Crippen LogP contribution is 2.02. The summed E-state index contributed by atoms with van der Waals surface area (Å²) in [6.07, 6.45) is 9.04. The van der Waals surface area contributed by atoms with Crippen molar-refractivity contribution in [3.8, 4) is 0 Å². The zero-order valence-corrected chi connectivity index (χ0v) is 11.0. The first-order chi connectivity index (χ1) is 7.33. The van der Waals surface area contributed by atoms with Gasteiger partial charge in [0.2, 0.25) is 0 Å². The van der Waals surface area contributed by atoms with Gasteiger partial charge in [0.15, 0.2) is 0 Å². The number of nitrogens with zero attached hydrogens (tertiary/aromatic N) is 1. The molecule has 4 nitrogen and oxygen atoms in total. The third-order valence-corrected chi connectivity index (χ3v) is 1.92. The van der Waals surface area contributed by atoms with E-state index < -0.39 is 10.1 Å². The topological polar surface area (TPSA) is 59.3 Å². The Bertz CT molecular complexity index is 374. The summed E-state index contributed by atoms with van der Waals surface area (Å²) in [4.78, 5) is 0. The highest BCUT2D eigenvalue weighted by molar-refractivity contribution is 7.85.